The molecule has 0 fully saturated rings. The van der Waals surface area contributed by atoms with Crippen LogP contribution in [-0.4, -0.2) is 6.61 Å². The van der Waals surface area contributed by atoms with Gasteiger partial charge in [-0.2, -0.15) is 8.78 Å². The predicted molar refractivity (Wildman–Crippen MR) is 50.3 cm³/mol. The number of para-hydroxylation sites is 1. The van der Waals surface area contributed by atoms with E-state index in [-0.39, 0.29) is 5.75 Å². The number of rotatable bonds is 4. The smallest absolute Gasteiger partial charge is 0.387 e. The molecule has 0 unspecified atom stereocenters. The van der Waals surface area contributed by atoms with Gasteiger partial charge in [-0.05, 0) is 18.1 Å². The molecule has 0 aliphatic carbocycles. The molecule has 0 aliphatic rings. The third kappa shape index (κ3) is 2.32. The standard InChI is InChI=1S/C9H12F2N2O/c1-2-6-4-3-5-7(8(6)13-12)14-9(10)11/h3-5,9,13H,2,12H2,1H3. The van der Waals surface area contributed by atoms with Crippen molar-refractivity contribution in [2.45, 2.75) is 20.0 Å². The number of nitrogens with one attached hydrogen (secondary N) is 1. The van der Waals surface area contributed by atoms with Crippen molar-refractivity contribution >= 4 is 5.69 Å². The molecule has 0 aromatic heterocycles. The molecule has 0 spiro atoms. The number of anilines is 1. The van der Waals surface area contributed by atoms with Crippen LogP contribution < -0.4 is 16.0 Å². The Labute approximate surface area is 80.8 Å². The first kappa shape index (κ1) is 10.7. The number of alkyl halides is 2. The number of nitrogens with two attached hydrogens (primary N) is 1. The molecular formula is C9H12F2N2O. The largest absolute Gasteiger partial charge is 0.433 e. The number of benzene rings is 1. The minimum Gasteiger partial charge on any atom is -0.433 e. The van der Waals surface area contributed by atoms with Crippen LogP contribution >= 0.6 is 0 Å². The topological polar surface area (TPSA) is 47.3 Å². The zero-order chi connectivity index (χ0) is 10.6. The molecule has 1 aromatic rings. The van der Waals surface area contributed by atoms with Crippen molar-refractivity contribution in [2.75, 3.05) is 5.43 Å². The SMILES string of the molecule is CCc1cccc(OC(F)F)c1NN. The summed E-state index contributed by atoms with van der Waals surface area (Å²) in [6, 6.07) is 4.89. The lowest BCUT2D eigenvalue weighted by Gasteiger charge is -2.13. The molecule has 5 heteroatoms. The second kappa shape index (κ2) is 4.76. The van der Waals surface area contributed by atoms with E-state index in [2.05, 4.69) is 10.2 Å². The zero-order valence-electron chi connectivity index (χ0n) is 7.76. The van der Waals surface area contributed by atoms with Crippen LogP contribution in [0.3, 0.4) is 0 Å². The van der Waals surface area contributed by atoms with Crippen LogP contribution in [0.15, 0.2) is 18.2 Å². The Balaban J connectivity index is 3.02. The average Bonchev–Trinajstić information content (AvgIpc) is 2.16. The first-order chi connectivity index (χ1) is 6.69. The Kier molecular flexibility index (Phi) is 3.64. The summed E-state index contributed by atoms with van der Waals surface area (Å²) in [6.07, 6.45) is 0.694. The summed E-state index contributed by atoms with van der Waals surface area (Å²) >= 11 is 0. The van der Waals surface area contributed by atoms with Crippen molar-refractivity contribution in [1.29, 1.82) is 0 Å². The fraction of sp³-hybridized carbons (Fsp3) is 0.333. The molecule has 3 nitrogen and oxygen atoms in total. The van der Waals surface area contributed by atoms with Gasteiger partial charge < -0.3 is 10.2 Å². The van der Waals surface area contributed by atoms with Crippen molar-refractivity contribution < 1.29 is 13.5 Å². The van der Waals surface area contributed by atoms with Gasteiger partial charge in [0, 0.05) is 0 Å². The number of nitrogen functional groups attached to an aromatic ring is 1. The van der Waals surface area contributed by atoms with Gasteiger partial charge in [-0.1, -0.05) is 19.1 Å². The van der Waals surface area contributed by atoms with Crippen molar-refractivity contribution in [1.82, 2.24) is 0 Å². The van der Waals surface area contributed by atoms with E-state index < -0.39 is 6.61 Å². The van der Waals surface area contributed by atoms with Gasteiger partial charge in [-0.15, -0.1) is 0 Å². The monoisotopic (exact) mass is 202 g/mol. The third-order valence-corrected chi connectivity index (χ3v) is 1.85. The number of aryl methyl sites for hydroxylation is 1. The molecule has 1 rings (SSSR count). The Morgan fingerprint density at radius 1 is 1.50 bits per heavy atom. The van der Waals surface area contributed by atoms with Gasteiger partial charge in [0.05, 0.1) is 5.69 Å². The van der Waals surface area contributed by atoms with Crippen LogP contribution in [0.1, 0.15) is 12.5 Å². The summed E-state index contributed by atoms with van der Waals surface area (Å²) in [7, 11) is 0. The van der Waals surface area contributed by atoms with Gasteiger partial charge >= 0.3 is 6.61 Å². The molecule has 0 atom stereocenters. The Bertz CT molecular complexity index is 305. The highest BCUT2D eigenvalue weighted by atomic mass is 19.3. The summed E-state index contributed by atoms with van der Waals surface area (Å²) < 4.78 is 28.3. The van der Waals surface area contributed by atoms with Gasteiger partial charge in [0.1, 0.15) is 0 Å². The minimum atomic E-state index is -2.84. The quantitative estimate of drug-likeness (QED) is 0.580. The molecule has 0 bridgehead atoms. The molecule has 0 heterocycles. The fourth-order valence-electron chi connectivity index (χ4n) is 1.23. The molecule has 78 valence electrons. The van der Waals surface area contributed by atoms with Crippen LogP contribution in [0.4, 0.5) is 14.5 Å². The van der Waals surface area contributed by atoms with E-state index in [9.17, 15) is 8.78 Å². The summed E-state index contributed by atoms with van der Waals surface area (Å²) in [4.78, 5) is 0. The second-order valence-corrected chi connectivity index (χ2v) is 2.67. The van der Waals surface area contributed by atoms with Crippen molar-refractivity contribution in [2.24, 2.45) is 5.84 Å². The van der Waals surface area contributed by atoms with Gasteiger partial charge in [0.2, 0.25) is 0 Å². The number of hydrazine groups is 1. The van der Waals surface area contributed by atoms with Crippen LogP contribution in [0.25, 0.3) is 0 Å². The van der Waals surface area contributed by atoms with Gasteiger partial charge in [0.25, 0.3) is 0 Å². The third-order valence-electron chi connectivity index (χ3n) is 1.85. The van der Waals surface area contributed by atoms with E-state index in [0.29, 0.717) is 12.1 Å². The highest BCUT2D eigenvalue weighted by molar-refractivity contribution is 5.61. The molecule has 0 saturated carbocycles. The Morgan fingerprint density at radius 2 is 2.21 bits per heavy atom. The van der Waals surface area contributed by atoms with E-state index in [0.717, 1.165) is 5.56 Å². The maximum absolute atomic E-state index is 12.0. The van der Waals surface area contributed by atoms with Crippen molar-refractivity contribution in [3.8, 4) is 5.75 Å². The normalized spacial score (nSPS) is 10.4. The van der Waals surface area contributed by atoms with Gasteiger partial charge in [-0.3, -0.25) is 5.84 Å². The lowest BCUT2D eigenvalue weighted by molar-refractivity contribution is -0.0493. The first-order valence-corrected chi connectivity index (χ1v) is 4.22. The van der Waals surface area contributed by atoms with E-state index in [1.807, 2.05) is 6.92 Å². The second-order valence-electron chi connectivity index (χ2n) is 2.67. The summed E-state index contributed by atoms with van der Waals surface area (Å²) in [5, 5.41) is 0. The molecule has 3 N–H and O–H groups in total. The van der Waals surface area contributed by atoms with Gasteiger partial charge in [0.15, 0.2) is 5.75 Å². The zero-order valence-corrected chi connectivity index (χ0v) is 7.76. The van der Waals surface area contributed by atoms with E-state index in [1.54, 1.807) is 12.1 Å². The van der Waals surface area contributed by atoms with Crippen molar-refractivity contribution in [3.05, 3.63) is 23.8 Å². The molecule has 1 aromatic carbocycles. The molecule has 0 radical (unpaired) electrons. The molecular weight excluding hydrogens is 190 g/mol. The molecule has 0 saturated heterocycles. The van der Waals surface area contributed by atoms with Crippen molar-refractivity contribution in [3.63, 3.8) is 0 Å². The predicted octanol–water partition coefficient (Wildman–Crippen LogP) is 2.14. The number of hydrogen-bond donors (Lipinski definition) is 2. The Morgan fingerprint density at radius 3 is 2.71 bits per heavy atom. The fourth-order valence-corrected chi connectivity index (χ4v) is 1.23. The maximum Gasteiger partial charge on any atom is 0.387 e. The molecule has 0 aliphatic heterocycles. The summed E-state index contributed by atoms with van der Waals surface area (Å²) in [5.74, 6) is 5.30. The molecule has 0 amide bonds. The maximum atomic E-state index is 12.0. The Hall–Kier alpha value is -1.36. The average molecular weight is 202 g/mol. The van der Waals surface area contributed by atoms with Crippen LogP contribution in [-0.2, 0) is 6.42 Å². The number of ether oxygens (including phenoxy) is 1. The number of halogens is 2. The van der Waals surface area contributed by atoms with Crippen LogP contribution in [0.2, 0.25) is 0 Å². The van der Waals surface area contributed by atoms with E-state index >= 15 is 0 Å². The minimum absolute atomic E-state index is 0.0712. The lowest BCUT2D eigenvalue weighted by atomic mass is 10.1. The van der Waals surface area contributed by atoms with E-state index in [1.165, 1.54) is 6.07 Å². The lowest BCUT2D eigenvalue weighted by Crippen LogP contribution is -2.12. The van der Waals surface area contributed by atoms with E-state index in [4.69, 9.17) is 5.84 Å². The summed E-state index contributed by atoms with van der Waals surface area (Å²) in [5.41, 5.74) is 3.61. The highest BCUT2D eigenvalue weighted by Crippen LogP contribution is 2.29. The highest BCUT2D eigenvalue weighted by Gasteiger charge is 2.11. The molecule has 14 heavy (non-hydrogen) atoms. The van der Waals surface area contributed by atoms with Crippen LogP contribution in [0.5, 0.6) is 5.75 Å². The van der Waals surface area contributed by atoms with Crippen LogP contribution in [0, 0.1) is 0 Å². The van der Waals surface area contributed by atoms with Gasteiger partial charge in [-0.25, -0.2) is 0 Å². The summed E-state index contributed by atoms with van der Waals surface area (Å²) in [6.45, 7) is -0.934. The first-order valence-electron chi connectivity index (χ1n) is 4.22. The number of hydrogen-bond acceptors (Lipinski definition) is 3.